The zero-order chi connectivity index (χ0) is 15.1. The standard InChI is InChI=1S/C18H22O2S/c1-14-4-7-17(12-15(14)2)20-10-3-11-21-18-8-5-16(13-19)6-9-18/h4-9,12,19H,3,10-11,13H2,1-2H3. The Hall–Kier alpha value is -1.45. The molecule has 2 nitrogen and oxygen atoms in total. The minimum atomic E-state index is 0.106. The number of aliphatic hydroxyl groups is 1. The summed E-state index contributed by atoms with van der Waals surface area (Å²) in [7, 11) is 0. The van der Waals surface area contributed by atoms with Gasteiger partial charge in [-0.2, -0.15) is 0 Å². The molecule has 0 aliphatic rings. The van der Waals surface area contributed by atoms with Crippen LogP contribution in [-0.4, -0.2) is 17.5 Å². The molecule has 21 heavy (non-hydrogen) atoms. The fourth-order valence-electron chi connectivity index (χ4n) is 1.93. The molecule has 0 spiro atoms. The van der Waals surface area contributed by atoms with Crippen molar-refractivity contribution in [2.45, 2.75) is 31.8 Å². The fraction of sp³-hybridized carbons (Fsp3) is 0.333. The van der Waals surface area contributed by atoms with Crippen LogP contribution >= 0.6 is 11.8 Å². The van der Waals surface area contributed by atoms with Gasteiger partial charge in [-0.1, -0.05) is 18.2 Å². The van der Waals surface area contributed by atoms with E-state index in [1.165, 1.54) is 16.0 Å². The molecule has 2 aromatic carbocycles. The van der Waals surface area contributed by atoms with Crippen LogP contribution < -0.4 is 4.74 Å². The Labute approximate surface area is 131 Å². The zero-order valence-electron chi connectivity index (χ0n) is 12.6. The predicted molar refractivity (Wildman–Crippen MR) is 89.1 cm³/mol. The van der Waals surface area contributed by atoms with Crippen LogP contribution in [0.15, 0.2) is 47.4 Å². The topological polar surface area (TPSA) is 29.5 Å². The van der Waals surface area contributed by atoms with Gasteiger partial charge >= 0.3 is 0 Å². The van der Waals surface area contributed by atoms with Gasteiger partial charge in [0.25, 0.3) is 0 Å². The van der Waals surface area contributed by atoms with Crippen molar-refractivity contribution in [1.82, 2.24) is 0 Å². The van der Waals surface area contributed by atoms with E-state index < -0.39 is 0 Å². The summed E-state index contributed by atoms with van der Waals surface area (Å²) in [6, 6.07) is 14.3. The number of hydrogen-bond donors (Lipinski definition) is 1. The van der Waals surface area contributed by atoms with E-state index in [0.717, 1.165) is 30.1 Å². The highest BCUT2D eigenvalue weighted by Gasteiger charge is 1.99. The van der Waals surface area contributed by atoms with E-state index in [2.05, 4.69) is 38.1 Å². The van der Waals surface area contributed by atoms with Crippen LogP contribution in [0, 0.1) is 13.8 Å². The van der Waals surface area contributed by atoms with Crippen LogP contribution in [-0.2, 0) is 6.61 Å². The second kappa shape index (κ2) is 8.11. The third-order valence-corrected chi connectivity index (χ3v) is 4.51. The van der Waals surface area contributed by atoms with Crippen molar-refractivity contribution in [2.24, 2.45) is 0 Å². The first-order valence-corrected chi connectivity index (χ1v) is 8.20. The van der Waals surface area contributed by atoms with Gasteiger partial charge in [-0.05, 0) is 61.2 Å². The van der Waals surface area contributed by atoms with Crippen molar-refractivity contribution < 1.29 is 9.84 Å². The van der Waals surface area contributed by atoms with Crippen molar-refractivity contribution in [2.75, 3.05) is 12.4 Å². The molecule has 0 unspecified atom stereocenters. The second-order valence-electron chi connectivity index (χ2n) is 5.10. The average molecular weight is 302 g/mol. The lowest BCUT2D eigenvalue weighted by Crippen LogP contribution is -1.99. The van der Waals surface area contributed by atoms with Gasteiger partial charge in [-0.25, -0.2) is 0 Å². The Kier molecular flexibility index (Phi) is 6.15. The van der Waals surface area contributed by atoms with Crippen LogP contribution in [0.5, 0.6) is 5.75 Å². The number of thioether (sulfide) groups is 1. The van der Waals surface area contributed by atoms with Gasteiger partial charge in [0, 0.05) is 10.6 Å². The average Bonchev–Trinajstić information content (AvgIpc) is 2.51. The van der Waals surface area contributed by atoms with Gasteiger partial charge in [0.05, 0.1) is 13.2 Å². The Balaban J connectivity index is 1.68. The van der Waals surface area contributed by atoms with Crippen molar-refractivity contribution in [1.29, 1.82) is 0 Å². The van der Waals surface area contributed by atoms with Crippen molar-refractivity contribution >= 4 is 11.8 Å². The molecule has 0 heterocycles. The van der Waals surface area contributed by atoms with Crippen LogP contribution in [0.4, 0.5) is 0 Å². The Morgan fingerprint density at radius 3 is 2.43 bits per heavy atom. The molecule has 112 valence electrons. The maximum Gasteiger partial charge on any atom is 0.119 e. The van der Waals surface area contributed by atoms with E-state index >= 15 is 0 Å². The highest BCUT2D eigenvalue weighted by atomic mass is 32.2. The van der Waals surface area contributed by atoms with Crippen molar-refractivity contribution in [3.8, 4) is 5.75 Å². The van der Waals surface area contributed by atoms with Crippen LogP contribution in [0.25, 0.3) is 0 Å². The molecule has 0 fully saturated rings. The molecule has 0 bridgehead atoms. The highest BCUT2D eigenvalue weighted by Crippen LogP contribution is 2.20. The Morgan fingerprint density at radius 2 is 1.76 bits per heavy atom. The molecule has 0 atom stereocenters. The molecule has 0 saturated carbocycles. The molecule has 0 saturated heterocycles. The zero-order valence-corrected chi connectivity index (χ0v) is 13.5. The van der Waals surface area contributed by atoms with Gasteiger partial charge in [-0.15, -0.1) is 11.8 Å². The quantitative estimate of drug-likeness (QED) is 0.609. The minimum Gasteiger partial charge on any atom is -0.494 e. The summed E-state index contributed by atoms with van der Waals surface area (Å²) >= 11 is 1.82. The third-order valence-electron chi connectivity index (χ3n) is 3.41. The molecule has 2 aromatic rings. The summed E-state index contributed by atoms with van der Waals surface area (Å²) in [6.45, 7) is 5.06. The van der Waals surface area contributed by atoms with Crippen molar-refractivity contribution in [3.05, 3.63) is 59.2 Å². The normalized spacial score (nSPS) is 10.6. The molecule has 3 heteroatoms. The number of aliphatic hydroxyl groups excluding tert-OH is 1. The van der Waals surface area contributed by atoms with E-state index in [0.29, 0.717) is 0 Å². The molecule has 0 amide bonds. The molecular weight excluding hydrogens is 280 g/mol. The van der Waals surface area contributed by atoms with Crippen LogP contribution in [0.3, 0.4) is 0 Å². The maximum atomic E-state index is 9.00. The Bertz CT molecular complexity index is 564. The van der Waals surface area contributed by atoms with Gasteiger partial charge in [0.1, 0.15) is 5.75 Å². The number of rotatable bonds is 7. The molecule has 0 aliphatic heterocycles. The first-order valence-electron chi connectivity index (χ1n) is 7.21. The third kappa shape index (κ3) is 5.10. The maximum absolute atomic E-state index is 9.00. The van der Waals surface area contributed by atoms with E-state index in [4.69, 9.17) is 9.84 Å². The van der Waals surface area contributed by atoms with E-state index in [-0.39, 0.29) is 6.61 Å². The molecule has 2 rings (SSSR count). The first kappa shape index (κ1) is 15.9. The second-order valence-corrected chi connectivity index (χ2v) is 6.27. The minimum absolute atomic E-state index is 0.106. The van der Waals surface area contributed by atoms with Crippen LogP contribution in [0.1, 0.15) is 23.1 Å². The summed E-state index contributed by atoms with van der Waals surface area (Å²) in [4.78, 5) is 1.23. The van der Waals surface area contributed by atoms with E-state index in [1.54, 1.807) is 0 Å². The number of benzene rings is 2. The Morgan fingerprint density at radius 1 is 1.00 bits per heavy atom. The number of ether oxygens (including phenoxy) is 1. The predicted octanol–water partition coefficient (Wildman–Crippen LogP) is 4.36. The van der Waals surface area contributed by atoms with Crippen LogP contribution in [0.2, 0.25) is 0 Å². The molecule has 0 aliphatic carbocycles. The van der Waals surface area contributed by atoms with E-state index in [9.17, 15) is 0 Å². The molecular formula is C18H22O2S. The van der Waals surface area contributed by atoms with Gasteiger partial charge in [0.2, 0.25) is 0 Å². The SMILES string of the molecule is Cc1ccc(OCCCSc2ccc(CO)cc2)cc1C. The molecule has 1 N–H and O–H groups in total. The van der Waals surface area contributed by atoms with Gasteiger partial charge < -0.3 is 9.84 Å². The summed E-state index contributed by atoms with van der Waals surface area (Å²) in [5.41, 5.74) is 3.52. The lowest BCUT2D eigenvalue weighted by molar-refractivity contribution is 0.282. The summed E-state index contributed by atoms with van der Waals surface area (Å²) < 4.78 is 5.77. The van der Waals surface area contributed by atoms with E-state index in [1.807, 2.05) is 30.0 Å². The molecule has 0 aromatic heterocycles. The lowest BCUT2D eigenvalue weighted by Gasteiger charge is -2.08. The summed E-state index contributed by atoms with van der Waals surface area (Å²) in [5.74, 6) is 1.99. The van der Waals surface area contributed by atoms with Gasteiger partial charge in [0.15, 0.2) is 0 Å². The van der Waals surface area contributed by atoms with Gasteiger partial charge in [-0.3, -0.25) is 0 Å². The number of aryl methyl sites for hydroxylation is 2. The number of hydrogen-bond acceptors (Lipinski definition) is 3. The summed E-state index contributed by atoms with van der Waals surface area (Å²) in [6.07, 6.45) is 1.01. The summed E-state index contributed by atoms with van der Waals surface area (Å²) in [5, 5.41) is 9.00. The molecule has 0 radical (unpaired) electrons. The first-order chi connectivity index (χ1) is 10.2. The smallest absolute Gasteiger partial charge is 0.119 e. The largest absolute Gasteiger partial charge is 0.494 e. The lowest BCUT2D eigenvalue weighted by atomic mass is 10.1. The monoisotopic (exact) mass is 302 g/mol. The highest BCUT2D eigenvalue weighted by molar-refractivity contribution is 7.99. The fourth-order valence-corrected chi connectivity index (χ4v) is 2.76. The van der Waals surface area contributed by atoms with Crippen molar-refractivity contribution in [3.63, 3.8) is 0 Å².